The molecule has 1 atom stereocenters. The summed E-state index contributed by atoms with van der Waals surface area (Å²) in [4.78, 5) is 14.8. The van der Waals surface area contributed by atoms with Crippen LogP contribution in [0.2, 0.25) is 0 Å². The van der Waals surface area contributed by atoms with Gasteiger partial charge >= 0.3 is 0 Å². The molecule has 1 amide bonds. The van der Waals surface area contributed by atoms with Gasteiger partial charge in [-0.3, -0.25) is 4.79 Å². The lowest BCUT2D eigenvalue weighted by Gasteiger charge is -2.29. The van der Waals surface area contributed by atoms with Crippen molar-refractivity contribution in [1.29, 1.82) is 0 Å². The molecule has 0 radical (unpaired) electrons. The number of carbonyl (C=O) groups is 1. The standard InChI is InChI=1S/C27H29N3O/c1-20-13-15-29(16-14-20)19-27(31)30-26(22-8-3-2-4-9-22)18-25(28-30)24-12-11-21-7-5-6-10-23(21)17-24/h2-12,17,20,26H,13-16,18-19H2,1H3/p+1/t26-/m0/s1. The van der Waals surface area contributed by atoms with Gasteiger partial charge in [0.25, 0.3) is 5.91 Å². The largest absolute Gasteiger partial charge is 0.327 e. The van der Waals surface area contributed by atoms with Crippen LogP contribution >= 0.6 is 0 Å². The number of benzene rings is 3. The Labute approximate surface area is 184 Å². The molecule has 1 N–H and O–H groups in total. The highest BCUT2D eigenvalue weighted by molar-refractivity contribution is 6.05. The fourth-order valence-electron chi connectivity index (χ4n) is 4.86. The average Bonchev–Trinajstić information content (AvgIpc) is 3.27. The molecule has 0 aliphatic carbocycles. The van der Waals surface area contributed by atoms with Crippen molar-refractivity contribution < 1.29 is 9.69 Å². The second-order valence-electron chi connectivity index (χ2n) is 9.09. The zero-order valence-corrected chi connectivity index (χ0v) is 18.1. The van der Waals surface area contributed by atoms with Gasteiger partial charge in [-0.05, 0) is 46.7 Å². The molecule has 0 bridgehead atoms. The van der Waals surface area contributed by atoms with E-state index in [-0.39, 0.29) is 11.9 Å². The third kappa shape index (κ3) is 4.26. The van der Waals surface area contributed by atoms with Crippen LogP contribution in [0.1, 0.15) is 43.4 Å². The zero-order valence-electron chi connectivity index (χ0n) is 18.1. The first-order chi connectivity index (χ1) is 15.2. The predicted octanol–water partition coefficient (Wildman–Crippen LogP) is 3.83. The first kappa shape index (κ1) is 20.0. The molecular formula is C27H30N3O+. The van der Waals surface area contributed by atoms with Gasteiger partial charge in [0, 0.05) is 6.42 Å². The van der Waals surface area contributed by atoms with Crippen molar-refractivity contribution in [3.05, 3.63) is 83.9 Å². The number of amides is 1. The molecule has 5 rings (SSSR count). The Balaban J connectivity index is 1.43. The summed E-state index contributed by atoms with van der Waals surface area (Å²) >= 11 is 0. The van der Waals surface area contributed by atoms with Crippen LogP contribution in [-0.4, -0.2) is 36.3 Å². The van der Waals surface area contributed by atoms with Crippen LogP contribution in [-0.2, 0) is 4.79 Å². The van der Waals surface area contributed by atoms with E-state index in [4.69, 9.17) is 5.10 Å². The molecule has 4 nitrogen and oxygen atoms in total. The number of hydrazone groups is 1. The van der Waals surface area contributed by atoms with Gasteiger partial charge in [-0.2, -0.15) is 5.10 Å². The number of nitrogens with one attached hydrogen (secondary N) is 1. The van der Waals surface area contributed by atoms with Crippen LogP contribution < -0.4 is 4.90 Å². The van der Waals surface area contributed by atoms with Gasteiger partial charge in [-0.1, -0.05) is 73.7 Å². The number of quaternary nitrogens is 1. The Morgan fingerprint density at radius 1 is 0.968 bits per heavy atom. The normalized spacial score (nSPS) is 23.7. The monoisotopic (exact) mass is 412 g/mol. The number of carbonyl (C=O) groups excluding carboxylic acids is 1. The predicted molar refractivity (Wildman–Crippen MR) is 125 cm³/mol. The number of rotatable bonds is 4. The van der Waals surface area contributed by atoms with E-state index in [9.17, 15) is 4.79 Å². The van der Waals surface area contributed by atoms with E-state index in [0.29, 0.717) is 6.54 Å². The van der Waals surface area contributed by atoms with Crippen LogP contribution in [0.5, 0.6) is 0 Å². The van der Waals surface area contributed by atoms with Crippen molar-refractivity contribution in [1.82, 2.24) is 5.01 Å². The van der Waals surface area contributed by atoms with Crippen LogP contribution in [0, 0.1) is 5.92 Å². The van der Waals surface area contributed by atoms with Crippen molar-refractivity contribution in [2.75, 3.05) is 19.6 Å². The first-order valence-electron chi connectivity index (χ1n) is 11.4. The van der Waals surface area contributed by atoms with E-state index in [0.717, 1.165) is 42.3 Å². The highest BCUT2D eigenvalue weighted by Gasteiger charge is 2.35. The van der Waals surface area contributed by atoms with E-state index in [2.05, 4.69) is 61.5 Å². The van der Waals surface area contributed by atoms with Crippen LogP contribution in [0.25, 0.3) is 10.8 Å². The lowest BCUT2D eigenvalue weighted by atomic mass is 9.97. The smallest absolute Gasteiger partial charge is 0.298 e. The number of hydrogen-bond donors (Lipinski definition) is 1. The van der Waals surface area contributed by atoms with Gasteiger partial charge < -0.3 is 4.90 Å². The third-order valence-electron chi connectivity index (χ3n) is 6.82. The molecule has 2 heterocycles. The fourth-order valence-corrected chi connectivity index (χ4v) is 4.86. The topological polar surface area (TPSA) is 37.1 Å². The average molecular weight is 413 g/mol. The minimum atomic E-state index is -0.0294. The fraction of sp³-hybridized carbons (Fsp3) is 0.333. The van der Waals surface area contributed by atoms with E-state index in [1.165, 1.54) is 28.5 Å². The van der Waals surface area contributed by atoms with E-state index >= 15 is 0 Å². The molecule has 158 valence electrons. The van der Waals surface area contributed by atoms with Crippen molar-refractivity contribution in [3.8, 4) is 0 Å². The summed E-state index contributed by atoms with van der Waals surface area (Å²) in [6, 6.07) is 25.2. The lowest BCUT2D eigenvalue weighted by Crippen LogP contribution is -3.14. The van der Waals surface area contributed by atoms with Crippen LogP contribution in [0.4, 0.5) is 0 Å². The second-order valence-corrected chi connectivity index (χ2v) is 9.09. The van der Waals surface area contributed by atoms with Crippen molar-refractivity contribution in [3.63, 3.8) is 0 Å². The quantitative estimate of drug-likeness (QED) is 0.695. The summed E-state index contributed by atoms with van der Waals surface area (Å²) in [6.07, 6.45) is 3.16. The summed E-state index contributed by atoms with van der Waals surface area (Å²) in [5, 5.41) is 9.09. The molecule has 1 fully saturated rings. The molecule has 4 heteroatoms. The van der Waals surface area contributed by atoms with Gasteiger partial charge in [0.2, 0.25) is 0 Å². The molecule has 0 spiro atoms. The van der Waals surface area contributed by atoms with E-state index in [1.54, 1.807) is 5.01 Å². The Bertz CT molecular complexity index is 1100. The molecule has 31 heavy (non-hydrogen) atoms. The molecule has 0 saturated carbocycles. The van der Waals surface area contributed by atoms with Gasteiger partial charge in [0.15, 0.2) is 6.54 Å². The van der Waals surface area contributed by atoms with Crippen LogP contribution in [0.3, 0.4) is 0 Å². The van der Waals surface area contributed by atoms with Gasteiger partial charge in [0.05, 0.1) is 24.8 Å². The summed E-state index contributed by atoms with van der Waals surface area (Å²) in [6.45, 7) is 5.01. The molecule has 1 saturated heterocycles. The molecular weight excluding hydrogens is 382 g/mol. The Morgan fingerprint density at radius 3 is 2.45 bits per heavy atom. The lowest BCUT2D eigenvalue weighted by molar-refractivity contribution is -0.898. The Morgan fingerprint density at radius 2 is 1.68 bits per heavy atom. The highest BCUT2D eigenvalue weighted by atomic mass is 16.2. The minimum Gasteiger partial charge on any atom is -0.327 e. The summed E-state index contributed by atoms with van der Waals surface area (Å²) in [5.74, 6) is 0.912. The van der Waals surface area contributed by atoms with Crippen molar-refractivity contribution in [2.24, 2.45) is 11.0 Å². The molecule has 2 aliphatic heterocycles. The molecule has 2 aliphatic rings. The number of likely N-dealkylation sites (tertiary alicyclic amines) is 1. The maximum atomic E-state index is 13.4. The summed E-state index contributed by atoms with van der Waals surface area (Å²) in [5.41, 5.74) is 3.25. The van der Waals surface area contributed by atoms with Gasteiger partial charge in [-0.25, -0.2) is 5.01 Å². The van der Waals surface area contributed by atoms with Gasteiger partial charge in [-0.15, -0.1) is 0 Å². The molecule has 3 aromatic rings. The molecule has 0 unspecified atom stereocenters. The van der Waals surface area contributed by atoms with Crippen molar-refractivity contribution >= 4 is 22.4 Å². The number of fused-ring (bicyclic) bond motifs is 1. The first-order valence-corrected chi connectivity index (χ1v) is 11.4. The van der Waals surface area contributed by atoms with E-state index < -0.39 is 0 Å². The SMILES string of the molecule is CC1CC[NH+](CC(=O)N2N=C(c3ccc4ccccc4c3)C[C@H]2c2ccccc2)CC1. The summed E-state index contributed by atoms with van der Waals surface area (Å²) in [7, 11) is 0. The number of nitrogens with zero attached hydrogens (tertiary/aromatic N) is 2. The maximum Gasteiger partial charge on any atom is 0.298 e. The molecule has 0 aromatic heterocycles. The Kier molecular flexibility index (Phi) is 5.56. The molecule has 3 aromatic carbocycles. The van der Waals surface area contributed by atoms with Crippen molar-refractivity contribution in [2.45, 2.75) is 32.2 Å². The maximum absolute atomic E-state index is 13.4. The second kappa shape index (κ2) is 8.64. The minimum absolute atomic E-state index is 0.0294. The van der Waals surface area contributed by atoms with E-state index in [1.807, 2.05) is 18.2 Å². The highest BCUT2D eigenvalue weighted by Crippen LogP contribution is 2.33. The Hall–Kier alpha value is -2.98. The van der Waals surface area contributed by atoms with Crippen LogP contribution in [0.15, 0.2) is 77.9 Å². The number of piperidine rings is 1. The summed E-state index contributed by atoms with van der Waals surface area (Å²) < 4.78 is 0. The zero-order chi connectivity index (χ0) is 21.2. The van der Waals surface area contributed by atoms with Gasteiger partial charge in [0.1, 0.15) is 0 Å². The number of hydrogen-bond acceptors (Lipinski definition) is 2. The third-order valence-corrected chi connectivity index (χ3v) is 6.82.